The molecule has 168 valence electrons. The van der Waals surface area contributed by atoms with Crippen molar-refractivity contribution in [2.24, 2.45) is 4.99 Å². The van der Waals surface area contributed by atoms with Crippen LogP contribution in [0.5, 0.6) is 0 Å². The molecule has 1 aliphatic heterocycles. The molecule has 6 nitrogen and oxygen atoms in total. The highest BCUT2D eigenvalue weighted by Gasteiger charge is 2.25. The Morgan fingerprint density at radius 1 is 1.28 bits per heavy atom. The van der Waals surface area contributed by atoms with Crippen LogP contribution >= 0.6 is 11.6 Å². The van der Waals surface area contributed by atoms with Crippen molar-refractivity contribution in [3.8, 4) is 11.3 Å². The third-order valence-corrected chi connectivity index (χ3v) is 5.51. The lowest BCUT2D eigenvalue weighted by molar-refractivity contribution is 0.0959. The lowest BCUT2D eigenvalue weighted by Crippen LogP contribution is -2.32. The van der Waals surface area contributed by atoms with E-state index < -0.39 is 11.7 Å². The summed E-state index contributed by atoms with van der Waals surface area (Å²) in [5.41, 5.74) is 2.90. The van der Waals surface area contributed by atoms with Gasteiger partial charge in [-0.25, -0.2) is 9.38 Å². The second-order valence-electron chi connectivity index (χ2n) is 7.73. The Bertz CT molecular complexity index is 1070. The molecule has 1 aromatic heterocycles. The van der Waals surface area contributed by atoms with Crippen LogP contribution in [0, 0.1) is 5.82 Å². The van der Waals surface area contributed by atoms with Crippen LogP contribution in [0.1, 0.15) is 48.7 Å². The predicted octanol–water partition coefficient (Wildman–Crippen LogP) is 4.90. The molecule has 1 aliphatic rings. The Labute approximate surface area is 192 Å². The van der Waals surface area contributed by atoms with Gasteiger partial charge in [-0.3, -0.25) is 14.8 Å². The standard InChI is InChI=1S/C24H27ClFN5O/c1-15(25)13-16(2)30-17(3)31-11-7-18(8-12-31)22-23(29-10-9-28-22)19-5-6-20(21(26)14-19)24(32)27-4/h5-6,9-10,13-14,18H,3,7-8,11-12H2,1-2,4H3,(H,27,32)/b15-13+,30-16+. The van der Waals surface area contributed by atoms with Crippen LogP contribution in [0.2, 0.25) is 0 Å². The summed E-state index contributed by atoms with van der Waals surface area (Å²) in [6, 6.07) is 4.53. The monoisotopic (exact) mass is 455 g/mol. The zero-order valence-electron chi connectivity index (χ0n) is 18.5. The molecule has 1 amide bonds. The Kier molecular flexibility index (Phi) is 7.75. The van der Waals surface area contributed by atoms with Crippen LogP contribution < -0.4 is 5.32 Å². The van der Waals surface area contributed by atoms with Gasteiger partial charge in [-0.2, -0.15) is 0 Å². The largest absolute Gasteiger partial charge is 0.357 e. The number of hydrogen-bond acceptors (Lipinski definition) is 5. The Balaban J connectivity index is 1.77. The summed E-state index contributed by atoms with van der Waals surface area (Å²) in [5.74, 6) is -0.157. The van der Waals surface area contributed by atoms with Crippen molar-refractivity contribution >= 4 is 23.2 Å². The third-order valence-electron chi connectivity index (χ3n) is 5.40. The summed E-state index contributed by atoms with van der Waals surface area (Å²) in [6.45, 7) is 9.36. The number of halogens is 2. The average molecular weight is 456 g/mol. The van der Waals surface area contributed by atoms with Crippen molar-refractivity contribution in [1.82, 2.24) is 20.2 Å². The fourth-order valence-electron chi connectivity index (χ4n) is 3.86. The maximum Gasteiger partial charge on any atom is 0.253 e. The number of carbonyl (C=O) groups excluding carboxylic acids is 1. The first-order chi connectivity index (χ1) is 15.3. The second-order valence-corrected chi connectivity index (χ2v) is 8.32. The van der Waals surface area contributed by atoms with Gasteiger partial charge in [0.25, 0.3) is 5.91 Å². The van der Waals surface area contributed by atoms with Crippen LogP contribution in [0.4, 0.5) is 4.39 Å². The lowest BCUT2D eigenvalue weighted by atomic mass is 9.90. The highest BCUT2D eigenvalue weighted by atomic mass is 35.5. The summed E-state index contributed by atoms with van der Waals surface area (Å²) >= 11 is 5.92. The van der Waals surface area contributed by atoms with E-state index in [1.54, 1.807) is 24.5 Å². The SMILES string of the molecule is C=C(/N=C(C)/C=C(\C)Cl)N1CCC(c2nccnc2-c2ccc(C(=O)NC)c(F)c2)CC1. The molecule has 0 atom stereocenters. The van der Waals surface area contributed by atoms with Crippen molar-refractivity contribution in [3.05, 3.63) is 71.2 Å². The van der Waals surface area contributed by atoms with Gasteiger partial charge in [0, 0.05) is 54.8 Å². The Morgan fingerprint density at radius 2 is 1.97 bits per heavy atom. The first-order valence-electron chi connectivity index (χ1n) is 10.5. The van der Waals surface area contributed by atoms with Crippen molar-refractivity contribution in [3.63, 3.8) is 0 Å². The molecule has 0 saturated carbocycles. The van der Waals surface area contributed by atoms with E-state index in [0.717, 1.165) is 37.3 Å². The molecule has 1 N–H and O–H groups in total. The van der Waals surface area contributed by atoms with Crippen molar-refractivity contribution < 1.29 is 9.18 Å². The van der Waals surface area contributed by atoms with E-state index in [1.165, 1.54) is 19.2 Å². The number of benzene rings is 1. The molecule has 32 heavy (non-hydrogen) atoms. The summed E-state index contributed by atoms with van der Waals surface area (Å²) < 4.78 is 14.5. The number of aliphatic imine (C=N–C) groups is 1. The molecule has 0 aliphatic carbocycles. The summed E-state index contributed by atoms with van der Waals surface area (Å²) in [7, 11) is 1.47. The zero-order valence-corrected chi connectivity index (χ0v) is 19.3. The molecular formula is C24H27ClFN5O. The molecule has 3 rings (SSSR count). The number of aromatic nitrogens is 2. The quantitative estimate of drug-likeness (QED) is 0.629. The zero-order chi connectivity index (χ0) is 23.3. The highest BCUT2D eigenvalue weighted by molar-refractivity contribution is 6.30. The van der Waals surface area contributed by atoms with E-state index in [0.29, 0.717) is 22.1 Å². The number of allylic oxidation sites excluding steroid dienone is 2. The van der Waals surface area contributed by atoms with Crippen molar-refractivity contribution in [1.29, 1.82) is 0 Å². The van der Waals surface area contributed by atoms with Crippen LogP contribution in [0.15, 0.2) is 59.1 Å². The van der Waals surface area contributed by atoms with Gasteiger partial charge < -0.3 is 10.2 Å². The number of amides is 1. The number of piperidine rings is 1. The highest BCUT2D eigenvalue weighted by Crippen LogP contribution is 2.34. The molecule has 8 heteroatoms. The van der Waals surface area contributed by atoms with Crippen molar-refractivity contribution in [2.75, 3.05) is 20.1 Å². The number of likely N-dealkylation sites (tertiary alicyclic amines) is 1. The molecule has 0 unspecified atom stereocenters. The van der Waals surface area contributed by atoms with Gasteiger partial charge in [0.1, 0.15) is 11.6 Å². The van der Waals surface area contributed by atoms with Crippen LogP contribution in [-0.2, 0) is 0 Å². The Hall–Kier alpha value is -3.06. The number of nitrogens with one attached hydrogen (secondary N) is 1. The number of carbonyl (C=O) groups is 1. The third kappa shape index (κ3) is 5.59. The fraction of sp³-hybridized carbons (Fsp3) is 0.333. The topological polar surface area (TPSA) is 70.5 Å². The average Bonchev–Trinajstić information content (AvgIpc) is 2.78. The lowest BCUT2D eigenvalue weighted by Gasteiger charge is -2.33. The minimum absolute atomic E-state index is 0.00330. The van der Waals surface area contributed by atoms with Gasteiger partial charge in [0.2, 0.25) is 0 Å². The predicted molar refractivity (Wildman–Crippen MR) is 126 cm³/mol. The van der Waals surface area contributed by atoms with Gasteiger partial charge in [-0.15, -0.1) is 0 Å². The molecule has 1 fully saturated rings. The molecule has 2 aromatic rings. The number of rotatable bonds is 6. The van der Waals surface area contributed by atoms with Crippen LogP contribution in [-0.4, -0.2) is 46.6 Å². The van der Waals surface area contributed by atoms with Crippen LogP contribution in [0.25, 0.3) is 11.3 Å². The van der Waals surface area contributed by atoms with E-state index in [1.807, 2.05) is 13.8 Å². The fourth-order valence-corrected chi connectivity index (χ4v) is 4.01. The van der Waals surface area contributed by atoms with Gasteiger partial charge in [-0.05, 0) is 44.9 Å². The molecule has 1 saturated heterocycles. The maximum absolute atomic E-state index is 14.5. The van der Waals surface area contributed by atoms with Crippen molar-refractivity contribution in [2.45, 2.75) is 32.6 Å². The van der Waals surface area contributed by atoms with E-state index in [4.69, 9.17) is 11.6 Å². The minimum atomic E-state index is -0.584. The minimum Gasteiger partial charge on any atom is -0.357 e. The normalized spacial score (nSPS) is 15.6. The van der Waals surface area contributed by atoms with E-state index in [2.05, 4.69) is 31.8 Å². The van der Waals surface area contributed by atoms with Gasteiger partial charge in [0.15, 0.2) is 0 Å². The smallest absolute Gasteiger partial charge is 0.253 e. The van der Waals surface area contributed by atoms with Gasteiger partial charge in [-0.1, -0.05) is 24.2 Å². The number of hydrogen-bond donors (Lipinski definition) is 1. The van der Waals surface area contributed by atoms with E-state index >= 15 is 0 Å². The van der Waals surface area contributed by atoms with E-state index in [9.17, 15) is 9.18 Å². The summed E-state index contributed by atoms with van der Waals surface area (Å²) in [5, 5.41) is 3.11. The van der Waals surface area contributed by atoms with Gasteiger partial charge >= 0.3 is 0 Å². The first-order valence-corrected chi connectivity index (χ1v) is 10.8. The second kappa shape index (κ2) is 10.5. The van der Waals surface area contributed by atoms with Crippen LogP contribution in [0.3, 0.4) is 0 Å². The summed E-state index contributed by atoms with van der Waals surface area (Å²) in [4.78, 5) is 27.5. The Morgan fingerprint density at radius 3 is 2.59 bits per heavy atom. The molecule has 0 bridgehead atoms. The summed E-state index contributed by atoms with van der Waals surface area (Å²) in [6.07, 6.45) is 6.77. The molecule has 0 spiro atoms. The van der Waals surface area contributed by atoms with Gasteiger partial charge in [0.05, 0.1) is 17.0 Å². The number of nitrogens with zero attached hydrogens (tertiary/aromatic N) is 4. The maximum atomic E-state index is 14.5. The molecule has 0 radical (unpaired) electrons. The molecular weight excluding hydrogens is 429 g/mol. The first kappa shape index (κ1) is 23.6. The molecule has 2 heterocycles. The van der Waals surface area contributed by atoms with E-state index in [-0.39, 0.29) is 11.5 Å². The molecule has 1 aromatic carbocycles.